The highest BCUT2D eigenvalue weighted by atomic mass is 32.2. The molecule has 0 spiro atoms. The molecule has 0 saturated heterocycles. The summed E-state index contributed by atoms with van der Waals surface area (Å²) >= 11 is 0. The van der Waals surface area contributed by atoms with Gasteiger partial charge in [0, 0.05) is 11.3 Å². The zero-order valence-electron chi connectivity index (χ0n) is 17.7. The van der Waals surface area contributed by atoms with Crippen molar-refractivity contribution in [1.29, 1.82) is 0 Å². The number of hydrogen-bond acceptors (Lipinski definition) is 5. The average molecular weight is 474 g/mol. The molecule has 0 bridgehead atoms. The summed E-state index contributed by atoms with van der Waals surface area (Å²) in [6, 6.07) is 17.4. The van der Waals surface area contributed by atoms with Crippen LogP contribution in [0.2, 0.25) is 0 Å². The van der Waals surface area contributed by atoms with Gasteiger partial charge in [-0.25, -0.2) is 16.8 Å². The van der Waals surface area contributed by atoms with E-state index in [9.17, 15) is 21.6 Å². The zero-order chi connectivity index (χ0) is 23.5. The van der Waals surface area contributed by atoms with E-state index in [-0.39, 0.29) is 10.5 Å². The minimum absolute atomic E-state index is 0.0206. The summed E-state index contributed by atoms with van der Waals surface area (Å²) < 4.78 is 53.2. The minimum atomic E-state index is -3.81. The van der Waals surface area contributed by atoms with Crippen LogP contribution in [0.3, 0.4) is 0 Å². The molecule has 3 rings (SSSR count). The highest BCUT2D eigenvalue weighted by Gasteiger charge is 2.16. The van der Waals surface area contributed by atoms with Crippen LogP contribution in [-0.2, 0) is 20.0 Å². The number of aryl methyl sites for hydroxylation is 2. The smallest absolute Gasteiger partial charge is 0.261 e. The van der Waals surface area contributed by atoms with Crippen molar-refractivity contribution in [3.8, 4) is 0 Å². The van der Waals surface area contributed by atoms with Gasteiger partial charge in [0.25, 0.3) is 15.9 Å². The standard InChI is InChI=1S/C22H23N3O5S2/c1-15-6-4-5-7-20(15)25-32(29,30)19-12-9-17(10-13-19)22(26)23-18-11-8-16(2)21(14-18)24-31(3,27)28/h4-14,24-25H,1-3H3,(H,23,26). The van der Waals surface area contributed by atoms with Crippen molar-refractivity contribution < 1.29 is 21.6 Å². The number of hydrogen-bond donors (Lipinski definition) is 3. The summed E-state index contributed by atoms with van der Waals surface area (Å²) in [5, 5.41) is 2.68. The topological polar surface area (TPSA) is 121 Å². The van der Waals surface area contributed by atoms with Gasteiger partial charge in [0.2, 0.25) is 10.0 Å². The largest absolute Gasteiger partial charge is 0.322 e. The predicted octanol–water partition coefficient (Wildman–Crippen LogP) is 3.73. The second-order valence-electron chi connectivity index (χ2n) is 7.30. The number of benzene rings is 3. The Morgan fingerprint density at radius 1 is 0.750 bits per heavy atom. The normalized spacial score (nSPS) is 11.6. The Labute approximate surface area is 187 Å². The van der Waals surface area contributed by atoms with Gasteiger partial charge in [0.1, 0.15) is 0 Å². The molecule has 0 aliphatic rings. The van der Waals surface area contributed by atoms with E-state index in [0.29, 0.717) is 22.6 Å². The van der Waals surface area contributed by atoms with Crippen LogP contribution in [0.5, 0.6) is 0 Å². The van der Waals surface area contributed by atoms with E-state index in [2.05, 4.69) is 14.8 Å². The predicted molar refractivity (Wildman–Crippen MR) is 126 cm³/mol. The third-order valence-electron chi connectivity index (χ3n) is 4.61. The van der Waals surface area contributed by atoms with Crippen molar-refractivity contribution in [3.05, 3.63) is 83.4 Å². The monoisotopic (exact) mass is 473 g/mol. The molecular weight excluding hydrogens is 450 g/mol. The van der Waals surface area contributed by atoms with Crippen molar-refractivity contribution in [1.82, 2.24) is 0 Å². The Hall–Kier alpha value is -3.37. The van der Waals surface area contributed by atoms with Gasteiger partial charge in [0.05, 0.1) is 22.5 Å². The van der Waals surface area contributed by atoms with E-state index in [1.807, 2.05) is 6.07 Å². The van der Waals surface area contributed by atoms with Crippen LogP contribution >= 0.6 is 0 Å². The van der Waals surface area contributed by atoms with Crippen molar-refractivity contribution in [2.75, 3.05) is 21.0 Å². The maximum atomic E-state index is 12.6. The van der Waals surface area contributed by atoms with Gasteiger partial charge in [-0.2, -0.15) is 0 Å². The van der Waals surface area contributed by atoms with Gasteiger partial charge < -0.3 is 5.32 Å². The van der Waals surface area contributed by atoms with E-state index < -0.39 is 26.0 Å². The van der Waals surface area contributed by atoms with E-state index in [1.165, 1.54) is 30.3 Å². The Morgan fingerprint density at radius 3 is 2.00 bits per heavy atom. The molecule has 0 unspecified atom stereocenters. The van der Waals surface area contributed by atoms with Crippen molar-refractivity contribution >= 4 is 43.0 Å². The van der Waals surface area contributed by atoms with Crippen LogP contribution in [0.25, 0.3) is 0 Å². The molecule has 3 aromatic rings. The van der Waals surface area contributed by atoms with Crippen molar-refractivity contribution in [3.63, 3.8) is 0 Å². The zero-order valence-corrected chi connectivity index (χ0v) is 19.3. The lowest BCUT2D eigenvalue weighted by Crippen LogP contribution is -2.15. The molecule has 10 heteroatoms. The van der Waals surface area contributed by atoms with Crippen LogP contribution in [-0.4, -0.2) is 29.0 Å². The number of nitrogens with one attached hydrogen (secondary N) is 3. The molecule has 0 heterocycles. The summed E-state index contributed by atoms with van der Waals surface area (Å²) in [5.74, 6) is -0.463. The fourth-order valence-electron chi connectivity index (χ4n) is 2.89. The van der Waals surface area contributed by atoms with E-state index >= 15 is 0 Å². The number of anilines is 3. The van der Waals surface area contributed by atoms with Crippen molar-refractivity contribution in [2.24, 2.45) is 0 Å². The van der Waals surface area contributed by atoms with E-state index in [0.717, 1.165) is 11.8 Å². The molecule has 0 aliphatic carbocycles. The summed E-state index contributed by atoms with van der Waals surface area (Å²) in [6.45, 7) is 3.54. The molecule has 3 aromatic carbocycles. The van der Waals surface area contributed by atoms with Crippen LogP contribution in [0, 0.1) is 13.8 Å². The van der Waals surface area contributed by atoms with Gasteiger partial charge in [0.15, 0.2) is 0 Å². The first kappa shape index (κ1) is 23.3. The van der Waals surface area contributed by atoms with Gasteiger partial charge in [-0.3, -0.25) is 14.2 Å². The Kier molecular flexibility index (Phi) is 6.56. The first-order valence-electron chi connectivity index (χ1n) is 9.53. The maximum absolute atomic E-state index is 12.6. The number of para-hydroxylation sites is 1. The molecule has 0 atom stereocenters. The van der Waals surface area contributed by atoms with Gasteiger partial charge in [-0.05, 0) is 67.4 Å². The molecule has 0 aliphatic heterocycles. The Balaban J connectivity index is 1.76. The molecular formula is C22H23N3O5S2. The van der Waals surface area contributed by atoms with Gasteiger partial charge in [-0.1, -0.05) is 24.3 Å². The van der Waals surface area contributed by atoms with Crippen LogP contribution < -0.4 is 14.8 Å². The number of rotatable bonds is 7. The number of amides is 1. The average Bonchev–Trinajstić information content (AvgIpc) is 2.71. The van der Waals surface area contributed by atoms with Crippen LogP contribution in [0.15, 0.2) is 71.6 Å². The molecule has 0 saturated carbocycles. The van der Waals surface area contributed by atoms with E-state index in [4.69, 9.17) is 0 Å². The lowest BCUT2D eigenvalue weighted by atomic mass is 10.1. The lowest BCUT2D eigenvalue weighted by molar-refractivity contribution is 0.102. The first-order valence-corrected chi connectivity index (χ1v) is 12.9. The Bertz CT molecular complexity index is 1370. The Morgan fingerprint density at radius 2 is 1.38 bits per heavy atom. The highest BCUT2D eigenvalue weighted by molar-refractivity contribution is 7.92. The molecule has 8 nitrogen and oxygen atoms in total. The quantitative estimate of drug-likeness (QED) is 0.483. The van der Waals surface area contributed by atoms with Gasteiger partial charge in [-0.15, -0.1) is 0 Å². The maximum Gasteiger partial charge on any atom is 0.261 e. The SMILES string of the molecule is Cc1ccc(NC(=O)c2ccc(S(=O)(=O)Nc3ccccc3C)cc2)cc1NS(C)(=O)=O. The van der Waals surface area contributed by atoms with E-state index in [1.54, 1.807) is 44.2 Å². The molecule has 0 fully saturated rings. The van der Waals surface area contributed by atoms with Crippen LogP contribution in [0.4, 0.5) is 17.1 Å². The molecule has 0 aromatic heterocycles. The number of carbonyl (C=O) groups excluding carboxylic acids is 1. The summed E-state index contributed by atoms with van der Waals surface area (Å²) in [4.78, 5) is 12.6. The molecule has 32 heavy (non-hydrogen) atoms. The first-order chi connectivity index (χ1) is 14.9. The summed E-state index contributed by atoms with van der Waals surface area (Å²) in [5.41, 5.74) is 2.96. The molecule has 1 amide bonds. The van der Waals surface area contributed by atoms with Crippen LogP contribution in [0.1, 0.15) is 21.5 Å². The summed E-state index contributed by atoms with van der Waals surface area (Å²) in [6.07, 6.45) is 1.04. The second kappa shape index (κ2) is 9.01. The third kappa shape index (κ3) is 5.86. The number of carbonyl (C=O) groups is 1. The fraction of sp³-hybridized carbons (Fsp3) is 0.136. The molecule has 3 N–H and O–H groups in total. The third-order valence-corrected chi connectivity index (χ3v) is 6.58. The van der Waals surface area contributed by atoms with Gasteiger partial charge >= 0.3 is 0 Å². The highest BCUT2D eigenvalue weighted by Crippen LogP contribution is 2.23. The fourth-order valence-corrected chi connectivity index (χ4v) is 4.64. The lowest BCUT2D eigenvalue weighted by Gasteiger charge is -2.12. The second-order valence-corrected chi connectivity index (χ2v) is 10.7. The summed E-state index contributed by atoms with van der Waals surface area (Å²) in [7, 11) is -7.28. The van der Waals surface area contributed by atoms with Crippen molar-refractivity contribution in [2.45, 2.75) is 18.7 Å². The molecule has 168 valence electrons. The number of sulfonamides is 2. The minimum Gasteiger partial charge on any atom is -0.322 e. The molecule has 0 radical (unpaired) electrons.